The molecule has 1 atom stereocenters. The number of hydrogen-bond donors (Lipinski definition) is 1. The predicted octanol–water partition coefficient (Wildman–Crippen LogP) is -0.444. The van der Waals surface area contributed by atoms with Gasteiger partial charge in [0.15, 0.2) is 9.84 Å². The highest BCUT2D eigenvalue weighted by Gasteiger charge is 2.29. The van der Waals surface area contributed by atoms with Gasteiger partial charge in [0.2, 0.25) is 0 Å². The van der Waals surface area contributed by atoms with E-state index in [9.17, 15) is 8.42 Å². The Morgan fingerprint density at radius 3 is 2.44 bits per heavy atom. The van der Waals surface area contributed by atoms with Crippen LogP contribution in [0.4, 0.5) is 0 Å². The Morgan fingerprint density at radius 1 is 1.56 bits per heavy atom. The number of aliphatic hydroxyl groups is 1. The van der Waals surface area contributed by atoms with Gasteiger partial charge in [-0.3, -0.25) is 0 Å². The highest BCUT2D eigenvalue weighted by atomic mass is 32.2. The van der Waals surface area contributed by atoms with Gasteiger partial charge in [-0.25, -0.2) is 8.42 Å². The number of hydrogen-bond acceptors (Lipinski definition) is 3. The summed E-state index contributed by atoms with van der Waals surface area (Å²) in [5.41, 5.74) is 0. The number of sulfone groups is 1. The van der Waals surface area contributed by atoms with Crippen LogP contribution >= 0.6 is 0 Å². The van der Waals surface area contributed by atoms with Gasteiger partial charge in [0.25, 0.3) is 0 Å². The molecule has 1 rings (SSSR count). The van der Waals surface area contributed by atoms with Crippen molar-refractivity contribution in [3.63, 3.8) is 0 Å². The van der Waals surface area contributed by atoms with Crippen LogP contribution in [0.1, 0.15) is 12.8 Å². The van der Waals surface area contributed by atoms with Crippen LogP contribution in [0.3, 0.4) is 0 Å². The average Bonchev–Trinajstić information content (AvgIpc) is 2.08. The first-order valence-electron chi connectivity index (χ1n) is 2.99. The summed E-state index contributed by atoms with van der Waals surface area (Å²) < 4.78 is 21.7. The van der Waals surface area contributed by atoms with Crippen molar-refractivity contribution in [2.45, 2.75) is 18.1 Å². The minimum Gasteiger partial charge on any atom is -0.395 e. The minimum atomic E-state index is -2.89. The second kappa shape index (κ2) is 2.27. The Morgan fingerprint density at radius 2 is 2.22 bits per heavy atom. The molecule has 0 amide bonds. The molecule has 9 heavy (non-hydrogen) atoms. The Hall–Kier alpha value is -0.0900. The van der Waals surface area contributed by atoms with E-state index in [1.54, 1.807) is 0 Å². The lowest BCUT2D eigenvalue weighted by atomic mass is 10.3. The first-order chi connectivity index (χ1) is 4.17. The summed E-state index contributed by atoms with van der Waals surface area (Å²) in [4.78, 5) is 0. The lowest BCUT2D eigenvalue weighted by Crippen LogP contribution is -2.19. The summed E-state index contributed by atoms with van der Waals surface area (Å²) >= 11 is 0. The van der Waals surface area contributed by atoms with Crippen LogP contribution in [0.2, 0.25) is 0 Å². The Balaban J connectivity index is 2.75. The van der Waals surface area contributed by atoms with E-state index >= 15 is 0 Å². The fraction of sp³-hybridized carbons (Fsp3) is 1.00. The highest BCUT2D eigenvalue weighted by molar-refractivity contribution is 7.92. The standard InChI is InChI=1S/C5H10O3S/c6-4-5-2-1-3-9(5,7)8/h5-6H,1-4H2/t5-/m0/s1. The first kappa shape index (κ1) is 7.02. The van der Waals surface area contributed by atoms with Crippen LogP contribution in [-0.4, -0.2) is 31.1 Å². The topological polar surface area (TPSA) is 54.4 Å². The van der Waals surface area contributed by atoms with Crippen LogP contribution in [0.15, 0.2) is 0 Å². The molecule has 0 unspecified atom stereocenters. The maximum absolute atomic E-state index is 10.8. The van der Waals surface area contributed by atoms with Gasteiger partial charge in [0.05, 0.1) is 17.6 Å². The zero-order chi connectivity index (χ0) is 6.91. The molecule has 0 saturated carbocycles. The molecule has 0 aromatic heterocycles. The molecule has 3 nitrogen and oxygen atoms in total. The monoisotopic (exact) mass is 150 g/mol. The van der Waals surface area contributed by atoms with Gasteiger partial charge in [-0.1, -0.05) is 0 Å². The molecular formula is C5H10O3S. The van der Waals surface area contributed by atoms with Crippen molar-refractivity contribution in [3.05, 3.63) is 0 Å². The van der Waals surface area contributed by atoms with Gasteiger partial charge >= 0.3 is 0 Å². The lowest BCUT2D eigenvalue weighted by molar-refractivity contribution is 0.289. The maximum Gasteiger partial charge on any atom is 0.155 e. The minimum absolute atomic E-state index is 0.206. The molecule has 0 spiro atoms. The first-order valence-corrected chi connectivity index (χ1v) is 4.71. The van der Waals surface area contributed by atoms with E-state index in [2.05, 4.69) is 0 Å². The fourth-order valence-electron chi connectivity index (χ4n) is 1.06. The summed E-state index contributed by atoms with van der Waals surface area (Å²) in [6.07, 6.45) is 1.35. The number of aliphatic hydroxyl groups excluding tert-OH is 1. The third-order valence-corrected chi connectivity index (χ3v) is 3.92. The van der Waals surface area contributed by atoms with Gasteiger partial charge in [-0.05, 0) is 12.8 Å². The van der Waals surface area contributed by atoms with E-state index in [0.717, 1.165) is 0 Å². The molecule has 1 N–H and O–H groups in total. The average molecular weight is 150 g/mol. The van der Waals surface area contributed by atoms with Crippen molar-refractivity contribution >= 4 is 9.84 Å². The van der Waals surface area contributed by atoms with Crippen LogP contribution in [0.25, 0.3) is 0 Å². The third-order valence-electron chi connectivity index (χ3n) is 1.67. The quantitative estimate of drug-likeness (QED) is 0.551. The van der Waals surface area contributed by atoms with E-state index in [0.29, 0.717) is 12.8 Å². The summed E-state index contributed by atoms with van der Waals surface area (Å²) in [5.74, 6) is 0.262. The highest BCUT2D eigenvalue weighted by Crippen LogP contribution is 2.18. The van der Waals surface area contributed by atoms with Crippen molar-refractivity contribution in [3.8, 4) is 0 Å². The van der Waals surface area contributed by atoms with E-state index < -0.39 is 15.1 Å². The summed E-state index contributed by atoms with van der Waals surface area (Å²) in [7, 11) is -2.89. The van der Waals surface area contributed by atoms with Crippen molar-refractivity contribution in [1.29, 1.82) is 0 Å². The lowest BCUT2D eigenvalue weighted by Gasteiger charge is -2.01. The molecule has 0 aromatic carbocycles. The second-order valence-electron chi connectivity index (χ2n) is 2.31. The van der Waals surface area contributed by atoms with E-state index in [-0.39, 0.29) is 12.4 Å². The Labute approximate surface area is 54.6 Å². The molecule has 54 valence electrons. The second-order valence-corrected chi connectivity index (χ2v) is 4.71. The molecule has 1 heterocycles. The van der Waals surface area contributed by atoms with Gasteiger partial charge in [0.1, 0.15) is 0 Å². The molecule has 1 aliphatic rings. The fourth-order valence-corrected chi connectivity index (χ4v) is 2.72. The Bertz CT molecular complexity index is 182. The molecule has 4 heteroatoms. The van der Waals surface area contributed by atoms with Gasteiger partial charge in [-0.2, -0.15) is 0 Å². The van der Waals surface area contributed by atoms with Crippen molar-refractivity contribution in [2.75, 3.05) is 12.4 Å². The van der Waals surface area contributed by atoms with Gasteiger partial charge in [0, 0.05) is 0 Å². The predicted molar refractivity (Wildman–Crippen MR) is 33.9 cm³/mol. The van der Waals surface area contributed by atoms with Crippen LogP contribution in [0.5, 0.6) is 0 Å². The normalized spacial score (nSPS) is 32.8. The molecule has 0 bridgehead atoms. The summed E-state index contributed by atoms with van der Waals surface area (Å²) in [6, 6.07) is 0. The molecule has 1 aliphatic heterocycles. The van der Waals surface area contributed by atoms with Gasteiger partial charge < -0.3 is 5.11 Å². The SMILES string of the molecule is O=S1(=O)CCC[C@H]1CO. The largest absolute Gasteiger partial charge is 0.395 e. The van der Waals surface area contributed by atoms with Crippen molar-refractivity contribution < 1.29 is 13.5 Å². The molecule has 1 saturated heterocycles. The smallest absolute Gasteiger partial charge is 0.155 e. The van der Waals surface area contributed by atoms with Gasteiger partial charge in [-0.15, -0.1) is 0 Å². The summed E-state index contributed by atoms with van der Waals surface area (Å²) in [5, 5.41) is 8.06. The van der Waals surface area contributed by atoms with Crippen molar-refractivity contribution in [1.82, 2.24) is 0 Å². The van der Waals surface area contributed by atoms with Crippen molar-refractivity contribution in [2.24, 2.45) is 0 Å². The Kier molecular flexibility index (Phi) is 1.77. The zero-order valence-corrected chi connectivity index (χ0v) is 5.89. The van der Waals surface area contributed by atoms with E-state index in [1.165, 1.54) is 0 Å². The van der Waals surface area contributed by atoms with E-state index in [4.69, 9.17) is 5.11 Å². The molecular weight excluding hydrogens is 140 g/mol. The van der Waals surface area contributed by atoms with Crippen LogP contribution in [-0.2, 0) is 9.84 Å². The summed E-state index contributed by atoms with van der Waals surface area (Å²) in [6.45, 7) is -0.206. The van der Waals surface area contributed by atoms with Crippen LogP contribution < -0.4 is 0 Å². The zero-order valence-electron chi connectivity index (χ0n) is 5.08. The molecule has 1 fully saturated rings. The molecule has 0 aliphatic carbocycles. The maximum atomic E-state index is 10.8. The number of rotatable bonds is 1. The third kappa shape index (κ3) is 1.24. The van der Waals surface area contributed by atoms with E-state index in [1.807, 2.05) is 0 Å². The molecule has 0 aromatic rings. The molecule has 0 radical (unpaired) electrons. The van der Waals surface area contributed by atoms with Crippen LogP contribution in [0, 0.1) is 0 Å².